The van der Waals surface area contributed by atoms with Crippen LogP contribution in [0.15, 0.2) is 12.1 Å². The highest BCUT2D eigenvalue weighted by Crippen LogP contribution is 2.37. The molecule has 0 radical (unpaired) electrons. The minimum absolute atomic E-state index is 0.671. The van der Waals surface area contributed by atoms with Crippen LogP contribution in [0.1, 0.15) is 35.4 Å². The Bertz CT molecular complexity index is 358. The first-order valence-corrected chi connectivity index (χ1v) is 5.77. The second kappa shape index (κ2) is 4.23. The summed E-state index contributed by atoms with van der Waals surface area (Å²) in [4.78, 5) is 0. The van der Waals surface area contributed by atoms with Gasteiger partial charge in [-0.25, -0.2) is 0 Å². The zero-order chi connectivity index (χ0) is 10.8. The lowest BCUT2D eigenvalue weighted by Crippen LogP contribution is -2.06. The minimum Gasteiger partial charge on any atom is -0.384 e. The van der Waals surface area contributed by atoms with E-state index in [2.05, 4.69) is 31.3 Å². The normalized spacial score (nSPS) is 18.7. The Balaban J connectivity index is 2.25. The van der Waals surface area contributed by atoms with Crippen LogP contribution in [0.2, 0.25) is 0 Å². The zero-order valence-corrected chi connectivity index (χ0v) is 9.64. The third-order valence-electron chi connectivity index (χ3n) is 3.24. The van der Waals surface area contributed by atoms with Crippen molar-refractivity contribution in [1.82, 2.24) is 0 Å². The average molecular weight is 204 g/mol. The van der Waals surface area contributed by atoms with Gasteiger partial charge in [0.25, 0.3) is 0 Å². The van der Waals surface area contributed by atoms with Crippen LogP contribution in [0, 0.1) is 13.8 Å². The van der Waals surface area contributed by atoms with Gasteiger partial charge in [-0.15, -0.1) is 0 Å². The van der Waals surface area contributed by atoms with Gasteiger partial charge >= 0.3 is 0 Å². The van der Waals surface area contributed by atoms with Gasteiger partial charge in [-0.1, -0.05) is 6.07 Å². The minimum atomic E-state index is 0.671. The van der Waals surface area contributed by atoms with Crippen LogP contribution in [0.25, 0.3) is 0 Å². The number of fused-ring (bicyclic) bond motifs is 1. The van der Waals surface area contributed by atoms with Gasteiger partial charge in [0, 0.05) is 18.2 Å². The number of hydrogen-bond donors (Lipinski definition) is 2. The predicted octanol–water partition coefficient (Wildman–Crippen LogP) is 2.55. The molecule has 1 aliphatic heterocycles. The fourth-order valence-electron chi connectivity index (χ4n) is 2.61. The fourth-order valence-corrected chi connectivity index (χ4v) is 2.61. The van der Waals surface area contributed by atoms with Crippen molar-refractivity contribution in [3.8, 4) is 0 Å². The van der Waals surface area contributed by atoms with Crippen LogP contribution >= 0.6 is 0 Å². The first-order valence-electron chi connectivity index (χ1n) is 5.77. The van der Waals surface area contributed by atoms with E-state index in [1.54, 1.807) is 0 Å². The molecule has 82 valence electrons. The van der Waals surface area contributed by atoms with Crippen LogP contribution in [0.4, 0.5) is 5.69 Å². The van der Waals surface area contributed by atoms with E-state index in [0.29, 0.717) is 5.92 Å². The summed E-state index contributed by atoms with van der Waals surface area (Å²) in [5.74, 6) is 0.671. The molecule has 0 aromatic heterocycles. The summed E-state index contributed by atoms with van der Waals surface area (Å²) in [5.41, 5.74) is 11.2. The summed E-state index contributed by atoms with van der Waals surface area (Å²) in [7, 11) is 0. The molecule has 0 amide bonds. The largest absolute Gasteiger partial charge is 0.384 e. The van der Waals surface area contributed by atoms with Crippen molar-refractivity contribution in [1.29, 1.82) is 0 Å². The molecular weight excluding hydrogens is 184 g/mol. The predicted molar refractivity (Wildman–Crippen MR) is 65.4 cm³/mol. The number of hydrogen-bond acceptors (Lipinski definition) is 2. The third-order valence-corrected chi connectivity index (χ3v) is 3.24. The highest BCUT2D eigenvalue weighted by atomic mass is 14.9. The average Bonchev–Trinajstić information content (AvgIpc) is 2.58. The van der Waals surface area contributed by atoms with Gasteiger partial charge in [0.1, 0.15) is 0 Å². The number of rotatable bonds is 3. The molecule has 0 aliphatic carbocycles. The van der Waals surface area contributed by atoms with E-state index in [4.69, 9.17) is 5.73 Å². The lowest BCUT2D eigenvalue weighted by atomic mass is 9.91. The van der Waals surface area contributed by atoms with Crippen LogP contribution in [-0.2, 0) is 0 Å². The zero-order valence-electron chi connectivity index (χ0n) is 9.64. The van der Waals surface area contributed by atoms with E-state index in [0.717, 1.165) is 19.5 Å². The highest BCUT2D eigenvalue weighted by molar-refractivity contribution is 5.62. The van der Waals surface area contributed by atoms with Crippen LogP contribution in [0.5, 0.6) is 0 Å². The lowest BCUT2D eigenvalue weighted by Gasteiger charge is -2.12. The number of aryl methyl sites for hydroxylation is 2. The lowest BCUT2D eigenvalue weighted by molar-refractivity contribution is 0.635. The first kappa shape index (κ1) is 10.5. The van der Waals surface area contributed by atoms with E-state index < -0.39 is 0 Å². The van der Waals surface area contributed by atoms with Gasteiger partial charge < -0.3 is 11.1 Å². The van der Waals surface area contributed by atoms with E-state index in [-0.39, 0.29) is 0 Å². The summed E-state index contributed by atoms with van der Waals surface area (Å²) < 4.78 is 0. The molecule has 1 unspecified atom stereocenters. The van der Waals surface area contributed by atoms with Crippen molar-refractivity contribution in [3.05, 3.63) is 28.8 Å². The molecule has 0 saturated carbocycles. The summed E-state index contributed by atoms with van der Waals surface area (Å²) in [5, 5.41) is 3.50. The quantitative estimate of drug-likeness (QED) is 0.794. The molecule has 1 aromatic rings. The summed E-state index contributed by atoms with van der Waals surface area (Å²) in [6.45, 7) is 6.26. The Morgan fingerprint density at radius 1 is 1.40 bits per heavy atom. The van der Waals surface area contributed by atoms with Gasteiger partial charge in [0.2, 0.25) is 0 Å². The number of benzene rings is 1. The highest BCUT2D eigenvalue weighted by Gasteiger charge is 2.23. The Kier molecular flexibility index (Phi) is 2.96. The smallest absolute Gasteiger partial charge is 0.0381 e. The molecule has 3 N–H and O–H groups in total. The standard InChI is InChI=1S/C13H20N2/c1-9-6-10(2)13-11(4-3-5-14)8-15-12(13)7-9/h6-7,11,15H,3-5,8,14H2,1-2H3. The van der Waals surface area contributed by atoms with Gasteiger partial charge in [0.05, 0.1) is 0 Å². The molecule has 0 bridgehead atoms. The molecule has 2 nitrogen and oxygen atoms in total. The van der Waals surface area contributed by atoms with Crippen molar-refractivity contribution in [2.24, 2.45) is 5.73 Å². The van der Waals surface area contributed by atoms with E-state index >= 15 is 0 Å². The number of nitrogens with two attached hydrogens (primary N) is 1. The third kappa shape index (κ3) is 2.00. The number of nitrogens with one attached hydrogen (secondary N) is 1. The van der Waals surface area contributed by atoms with Crippen LogP contribution in [0.3, 0.4) is 0 Å². The van der Waals surface area contributed by atoms with Crippen molar-refractivity contribution in [2.75, 3.05) is 18.4 Å². The van der Waals surface area contributed by atoms with Crippen LogP contribution < -0.4 is 11.1 Å². The summed E-state index contributed by atoms with van der Waals surface area (Å²) in [6.07, 6.45) is 2.33. The maximum atomic E-state index is 5.57. The Morgan fingerprint density at radius 2 is 2.20 bits per heavy atom. The molecule has 1 heterocycles. The Labute approximate surface area is 91.9 Å². The van der Waals surface area contributed by atoms with Crippen molar-refractivity contribution < 1.29 is 0 Å². The maximum absolute atomic E-state index is 5.57. The Hall–Kier alpha value is -1.02. The van der Waals surface area contributed by atoms with E-state index in [1.165, 1.54) is 28.8 Å². The van der Waals surface area contributed by atoms with Crippen LogP contribution in [-0.4, -0.2) is 13.1 Å². The van der Waals surface area contributed by atoms with Crippen molar-refractivity contribution in [3.63, 3.8) is 0 Å². The summed E-state index contributed by atoms with van der Waals surface area (Å²) >= 11 is 0. The second-order valence-electron chi connectivity index (χ2n) is 4.55. The molecule has 2 rings (SSSR count). The van der Waals surface area contributed by atoms with Gasteiger partial charge in [-0.05, 0) is 56.0 Å². The molecule has 1 aromatic carbocycles. The van der Waals surface area contributed by atoms with Crippen molar-refractivity contribution in [2.45, 2.75) is 32.6 Å². The molecule has 0 fully saturated rings. The monoisotopic (exact) mass is 204 g/mol. The fraction of sp³-hybridized carbons (Fsp3) is 0.538. The SMILES string of the molecule is Cc1cc(C)c2c(c1)NCC2CCCN. The molecule has 1 aliphatic rings. The van der Waals surface area contributed by atoms with Gasteiger partial charge in [0.15, 0.2) is 0 Å². The van der Waals surface area contributed by atoms with Gasteiger partial charge in [-0.2, -0.15) is 0 Å². The van der Waals surface area contributed by atoms with E-state index in [9.17, 15) is 0 Å². The second-order valence-corrected chi connectivity index (χ2v) is 4.55. The molecule has 0 saturated heterocycles. The molecule has 0 spiro atoms. The first-order chi connectivity index (χ1) is 7.22. The Morgan fingerprint density at radius 3 is 2.93 bits per heavy atom. The maximum Gasteiger partial charge on any atom is 0.0381 e. The summed E-state index contributed by atoms with van der Waals surface area (Å²) in [6, 6.07) is 4.53. The molecule has 2 heteroatoms. The molecule has 15 heavy (non-hydrogen) atoms. The van der Waals surface area contributed by atoms with Gasteiger partial charge in [-0.3, -0.25) is 0 Å². The number of anilines is 1. The topological polar surface area (TPSA) is 38.0 Å². The molecular formula is C13H20N2. The molecule has 1 atom stereocenters. The van der Waals surface area contributed by atoms with E-state index in [1.807, 2.05) is 0 Å². The van der Waals surface area contributed by atoms with Crippen molar-refractivity contribution >= 4 is 5.69 Å².